The fraction of sp³-hybridized carbons (Fsp3) is 0.615. The van der Waals surface area contributed by atoms with Gasteiger partial charge in [-0.25, -0.2) is 0 Å². The highest BCUT2D eigenvalue weighted by Gasteiger charge is 2.24. The molecule has 2 atom stereocenters. The van der Waals surface area contributed by atoms with E-state index in [1.165, 1.54) is 19.3 Å². The monoisotopic (exact) mass is 235 g/mol. The molecule has 2 rings (SSSR count). The van der Waals surface area contributed by atoms with Gasteiger partial charge in [-0.1, -0.05) is 19.8 Å². The molecule has 1 aromatic rings. The topological polar surface area (TPSA) is 60.1 Å². The maximum absolute atomic E-state index is 12.1. The second-order valence-electron chi connectivity index (χ2n) is 5.11. The zero-order valence-corrected chi connectivity index (χ0v) is 10.6. The van der Waals surface area contributed by atoms with E-state index in [0.717, 1.165) is 6.42 Å². The standard InChI is InChI=1S/C13H21N3O/c1-9-5-3-4-6-11(9)15-13(17)12-7-10(14)8-16(12)2/h7-9,11H,3-6,14H2,1-2H3,(H,15,17). The molecular formula is C13H21N3O. The summed E-state index contributed by atoms with van der Waals surface area (Å²) in [5.74, 6) is 0.563. The average molecular weight is 235 g/mol. The molecule has 1 heterocycles. The second-order valence-corrected chi connectivity index (χ2v) is 5.11. The quantitative estimate of drug-likeness (QED) is 0.822. The number of aromatic nitrogens is 1. The summed E-state index contributed by atoms with van der Waals surface area (Å²) >= 11 is 0. The van der Waals surface area contributed by atoms with E-state index in [9.17, 15) is 4.79 Å². The van der Waals surface area contributed by atoms with Crippen LogP contribution in [0.3, 0.4) is 0 Å². The number of carbonyl (C=O) groups excluding carboxylic acids is 1. The summed E-state index contributed by atoms with van der Waals surface area (Å²) in [5, 5.41) is 3.12. The Morgan fingerprint density at radius 3 is 2.76 bits per heavy atom. The van der Waals surface area contributed by atoms with Crippen LogP contribution in [0.2, 0.25) is 0 Å². The van der Waals surface area contributed by atoms with Gasteiger partial charge in [-0.2, -0.15) is 0 Å². The number of hydrogen-bond donors (Lipinski definition) is 2. The van der Waals surface area contributed by atoms with Crippen molar-refractivity contribution >= 4 is 11.6 Å². The van der Waals surface area contributed by atoms with Crippen molar-refractivity contribution in [3.63, 3.8) is 0 Å². The van der Waals surface area contributed by atoms with Crippen LogP contribution in [0.4, 0.5) is 5.69 Å². The molecule has 3 N–H and O–H groups in total. The zero-order chi connectivity index (χ0) is 12.4. The van der Waals surface area contributed by atoms with Crippen molar-refractivity contribution < 1.29 is 4.79 Å². The van der Waals surface area contributed by atoms with E-state index in [4.69, 9.17) is 5.73 Å². The summed E-state index contributed by atoms with van der Waals surface area (Å²) in [6, 6.07) is 2.04. The Hall–Kier alpha value is -1.45. The molecule has 1 aliphatic carbocycles. The molecule has 2 unspecified atom stereocenters. The molecule has 0 radical (unpaired) electrons. The molecule has 0 aliphatic heterocycles. The lowest BCUT2D eigenvalue weighted by atomic mass is 9.86. The molecule has 0 aromatic carbocycles. The Balaban J connectivity index is 2.03. The second kappa shape index (κ2) is 4.82. The van der Waals surface area contributed by atoms with E-state index >= 15 is 0 Å². The first-order chi connectivity index (χ1) is 8.08. The highest BCUT2D eigenvalue weighted by Crippen LogP contribution is 2.24. The van der Waals surface area contributed by atoms with Crippen LogP contribution >= 0.6 is 0 Å². The van der Waals surface area contributed by atoms with Crippen molar-refractivity contribution in [1.29, 1.82) is 0 Å². The molecule has 1 fully saturated rings. The molecule has 1 aliphatic rings. The minimum Gasteiger partial charge on any atom is -0.397 e. The molecule has 1 aromatic heterocycles. The van der Waals surface area contributed by atoms with E-state index in [0.29, 0.717) is 23.3 Å². The van der Waals surface area contributed by atoms with Crippen LogP contribution in [0.25, 0.3) is 0 Å². The lowest BCUT2D eigenvalue weighted by Crippen LogP contribution is -2.41. The molecule has 0 bridgehead atoms. The van der Waals surface area contributed by atoms with Crippen molar-refractivity contribution in [2.24, 2.45) is 13.0 Å². The molecule has 4 nitrogen and oxygen atoms in total. The Labute approximate surface area is 102 Å². The SMILES string of the molecule is CC1CCCCC1NC(=O)c1cc(N)cn1C. The van der Waals surface area contributed by atoms with Crippen LogP contribution in [-0.4, -0.2) is 16.5 Å². The van der Waals surface area contributed by atoms with Gasteiger partial charge in [0.25, 0.3) is 5.91 Å². The molecule has 94 valence electrons. The molecule has 1 amide bonds. The summed E-state index contributed by atoms with van der Waals surface area (Å²) in [7, 11) is 1.84. The maximum Gasteiger partial charge on any atom is 0.268 e. The number of nitrogens with zero attached hydrogens (tertiary/aromatic N) is 1. The van der Waals surface area contributed by atoms with Gasteiger partial charge in [0.2, 0.25) is 0 Å². The van der Waals surface area contributed by atoms with Crippen molar-refractivity contribution in [2.75, 3.05) is 5.73 Å². The minimum absolute atomic E-state index is 0.0112. The third-order valence-corrected chi connectivity index (χ3v) is 3.69. The number of amides is 1. The predicted octanol–water partition coefficient (Wildman–Crippen LogP) is 1.92. The average Bonchev–Trinajstić information content (AvgIpc) is 2.61. The van der Waals surface area contributed by atoms with E-state index in [-0.39, 0.29) is 5.91 Å². The van der Waals surface area contributed by atoms with Crippen molar-refractivity contribution in [2.45, 2.75) is 38.6 Å². The molecule has 1 saturated carbocycles. The first kappa shape index (κ1) is 12.0. The Kier molecular flexibility index (Phi) is 3.41. The van der Waals surface area contributed by atoms with E-state index in [1.807, 2.05) is 7.05 Å². The van der Waals surface area contributed by atoms with Gasteiger partial charge < -0.3 is 15.6 Å². The van der Waals surface area contributed by atoms with Crippen molar-refractivity contribution in [3.8, 4) is 0 Å². The first-order valence-corrected chi connectivity index (χ1v) is 6.30. The third-order valence-electron chi connectivity index (χ3n) is 3.69. The van der Waals surface area contributed by atoms with Gasteiger partial charge in [0.05, 0.1) is 5.69 Å². The molecule has 0 saturated heterocycles. The van der Waals surface area contributed by atoms with Gasteiger partial charge in [-0.05, 0) is 24.8 Å². The Morgan fingerprint density at radius 1 is 1.47 bits per heavy atom. The van der Waals surface area contributed by atoms with Gasteiger partial charge in [0, 0.05) is 19.3 Å². The lowest BCUT2D eigenvalue weighted by Gasteiger charge is -2.29. The van der Waals surface area contributed by atoms with Crippen LogP contribution in [0.5, 0.6) is 0 Å². The first-order valence-electron chi connectivity index (χ1n) is 6.30. The predicted molar refractivity (Wildman–Crippen MR) is 68.7 cm³/mol. The Bertz CT molecular complexity index is 411. The summed E-state index contributed by atoms with van der Waals surface area (Å²) in [6.07, 6.45) is 6.56. The highest BCUT2D eigenvalue weighted by molar-refractivity contribution is 5.94. The zero-order valence-electron chi connectivity index (χ0n) is 10.6. The van der Waals surface area contributed by atoms with E-state index in [2.05, 4.69) is 12.2 Å². The maximum atomic E-state index is 12.1. The van der Waals surface area contributed by atoms with E-state index in [1.54, 1.807) is 16.8 Å². The highest BCUT2D eigenvalue weighted by atomic mass is 16.2. The van der Waals surface area contributed by atoms with Crippen LogP contribution in [0.15, 0.2) is 12.3 Å². The number of anilines is 1. The van der Waals surface area contributed by atoms with E-state index < -0.39 is 0 Å². The fourth-order valence-electron chi connectivity index (χ4n) is 2.59. The molecular weight excluding hydrogens is 214 g/mol. The van der Waals surface area contributed by atoms with Crippen LogP contribution in [0.1, 0.15) is 43.1 Å². The number of nitrogens with one attached hydrogen (secondary N) is 1. The summed E-state index contributed by atoms with van der Waals surface area (Å²) in [5.41, 5.74) is 6.95. The number of aryl methyl sites for hydroxylation is 1. The molecule has 0 spiro atoms. The van der Waals surface area contributed by atoms with Gasteiger partial charge in [-0.15, -0.1) is 0 Å². The number of rotatable bonds is 2. The fourth-order valence-corrected chi connectivity index (χ4v) is 2.59. The summed E-state index contributed by atoms with van der Waals surface area (Å²) < 4.78 is 1.78. The summed E-state index contributed by atoms with van der Waals surface area (Å²) in [4.78, 5) is 12.1. The minimum atomic E-state index is -0.0112. The van der Waals surface area contributed by atoms with Gasteiger partial charge >= 0.3 is 0 Å². The van der Waals surface area contributed by atoms with Crippen molar-refractivity contribution in [3.05, 3.63) is 18.0 Å². The molecule has 4 heteroatoms. The number of hydrogen-bond acceptors (Lipinski definition) is 2. The lowest BCUT2D eigenvalue weighted by molar-refractivity contribution is 0.0902. The summed E-state index contributed by atoms with van der Waals surface area (Å²) in [6.45, 7) is 2.21. The normalized spacial score (nSPS) is 24.6. The van der Waals surface area contributed by atoms with Gasteiger partial charge in [0.1, 0.15) is 5.69 Å². The number of nitrogen functional groups attached to an aromatic ring is 1. The van der Waals surface area contributed by atoms with Crippen LogP contribution in [0, 0.1) is 5.92 Å². The van der Waals surface area contributed by atoms with Gasteiger partial charge in [-0.3, -0.25) is 4.79 Å². The Morgan fingerprint density at radius 2 is 2.18 bits per heavy atom. The third kappa shape index (κ3) is 2.62. The van der Waals surface area contributed by atoms with Gasteiger partial charge in [0.15, 0.2) is 0 Å². The smallest absolute Gasteiger partial charge is 0.268 e. The number of nitrogens with two attached hydrogens (primary N) is 1. The van der Waals surface area contributed by atoms with Crippen molar-refractivity contribution in [1.82, 2.24) is 9.88 Å². The largest absolute Gasteiger partial charge is 0.397 e. The van der Waals surface area contributed by atoms with Crippen LogP contribution in [-0.2, 0) is 7.05 Å². The molecule has 17 heavy (non-hydrogen) atoms. The number of carbonyl (C=O) groups is 1. The van der Waals surface area contributed by atoms with Crippen LogP contribution < -0.4 is 11.1 Å².